The van der Waals surface area contributed by atoms with Crippen LogP contribution in [0.3, 0.4) is 0 Å². The van der Waals surface area contributed by atoms with E-state index >= 15 is 0 Å². The minimum absolute atomic E-state index is 0.150. The van der Waals surface area contributed by atoms with Gasteiger partial charge in [-0.15, -0.1) is 0 Å². The quantitative estimate of drug-likeness (QED) is 0.804. The summed E-state index contributed by atoms with van der Waals surface area (Å²) in [4.78, 5) is 19.3. The van der Waals surface area contributed by atoms with E-state index in [2.05, 4.69) is 14.7 Å². The summed E-state index contributed by atoms with van der Waals surface area (Å²) in [6.45, 7) is 5.99. The van der Waals surface area contributed by atoms with Crippen molar-refractivity contribution in [2.75, 3.05) is 7.11 Å². The van der Waals surface area contributed by atoms with Crippen LogP contribution in [0.1, 0.15) is 27.2 Å². The second kappa shape index (κ2) is 5.69. The summed E-state index contributed by atoms with van der Waals surface area (Å²) in [5.41, 5.74) is 3.37. The van der Waals surface area contributed by atoms with Gasteiger partial charge < -0.3 is 9.47 Å². The van der Waals surface area contributed by atoms with Gasteiger partial charge in [0.15, 0.2) is 5.69 Å². The Morgan fingerprint density at radius 3 is 2.35 bits per heavy atom. The number of rotatable bonds is 3. The largest absolute Gasteiger partial charge is 0.464 e. The third-order valence-electron chi connectivity index (χ3n) is 3.10. The summed E-state index contributed by atoms with van der Waals surface area (Å²) >= 11 is 0. The molecular weight excluding hydrogens is 256 g/mol. The van der Waals surface area contributed by atoms with Crippen molar-refractivity contribution in [3.63, 3.8) is 0 Å². The summed E-state index contributed by atoms with van der Waals surface area (Å²) in [6, 6.07) is 4.04. The van der Waals surface area contributed by atoms with Crippen LogP contribution in [0.4, 0.5) is 0 Å². The molecule has 1 heterocycles. The van der Waals surface area contributed by atoms with E-state index in [-0.39, 0.29) is 5.69 Å². The summed E-state index contributed by atoms with van der Waals surface area (Å²) in [6.07, 6.45) is 2.75. The molecule has 0 aliphatic heterocycles. The first kappa shape index (κ1) is 14.0. The highest BCUT2D eigenvalue weighted by Crippen LogP contribution is 2.29. The molecule has 0 amide bonds. The highest BCUT2D eigenvalue weighted by Gasteiger charge is 2.11. The molecule has 5 nitrogen and oxygen atoms in total. The number of benzene rings is 1. The number of hydrogen-bond acceptors (Lipinski definition) is 5. The van der Waals surface area contributed by atoms with Crippen molar-refractivity contribution in [1.29, 1.82) is 0 Å². The Morgan fingerprint density at radius 2 is 1.75 bits per heavy atom. The second-order valence-electron chi connectivity index (χ2n) is 4.49. The van der Waals surface area contributed by atoms with E-state index in [1.54, 1.807) is 0 Å². The monoisotopic (exact) mass is 272 g/mol. The number of hydrogen-bond donors (Lipinski definition) is 0. The van der Waals surface area contributed by atoms with E-state index in [1.807, 2.05) is 32.9 Å². The molecule has 1 aromatic heterocycles. The van der Waals surface area contributed by atoms with E-state index < -0.39 is 5.97 Å². The summed E-state index contributed by atoms with van der Waals surface area (Å²) in [5.74, 6) is 0.589. The van der Waals surface area contributed by atoms with Crippen molar-refractivity contribution < 1.29 is 14.3 Å². The number of methoxy groups -OCH3 is 1. The average Bonchev–Trinajstić information content (AvgIpc) is 2.47. The molecule has 0 spiro atoms. The lowest BCUT2D eigenvalue weighted by atomic mass is 10.1. The lowest BCUT2D eigenvalue weighted by molar-refractivity contribution is 0.0593. The summed E-state index contributed by atoms with van der Waals surface area (Å²) in [7, 11) is 1.30. The molecule has 104 valence electrons. The molecule has 1 aromatic carbocycles. The van der Waals surface area contributed by atoms with Gasteiger partial charge in [0.2, 0.25) is 5.88 Å². The van der Waals surface area contributed by atoms with Gasteiger partial charge in [0.1, 0.15) is 5.75 Å². The fourth-order valence-corrected chi connectivity index (χ4v) is 1.77. The molecule has 0 saturated heterocycles. The smallest absolute Gasteiger partial charge is 0.358 e. The van der Waals surface area contributed by atoms with Crippen LogP contribution in [0, 0.1) is 20.8 Å². The lowest BCUT2D eigenvalue weighted by Gasteiger charge is -2.12. The van der Waals surface area contributed by atoms with Gasteiger partial charge in [-0.05, 0) is 37.5 Å². The zero-order valence-corrected chi connectivity index (χ0v) is 11.9. The number of esters is 1. The summed E-state index contributed by atoms with van der Waals surface area (Å²) < 4.78 is 10.3. The van der Waals surface area contributed by atoms with Gasteiger partial charge >= 0.3 is 5.97 Å². The second-order valence-corrected chi connectivity index (χ2v) is 4.49. The van der Waals surface area contributed by atoms with Crippen LogP contribution in [0.25, 0.3) is 0 Å². The van der Waals surface area contributed by atoms with Crippen LogP contribution in [-0.2, 0) is 4.74 Å². The fraction of sp³-hybridized carbons (Fsp3) is 0.267. The Bertz CT molecular complexity index is 636. The normalized spacial score (nSPS) is 10.2. The molecule has 0 saturated carbocycles. The molecule has 0 fully saturated rings. The van der Waals surface area contributed by atoms with E-state index in [9.17, 15) is 4.79 Å². The first-order valence-corrected chi connectivity index (χ1v) is 6.18. The zero-order valence-electron chi connectivity index (χ0n) is 11.9. The predicted molar refractivity (Wildman–Crippen MR) is 74.1 cm³/mol. The standard InChI is InChI=1S/C15H16N2O3/c1-9-5-6-10(2)14(11(9)3)20-13-8-16-12(7-17-13)15(18)19-4/h5-8H,1-4H3. The van der Waals surface area contributed by atoms with E-state index in [1.165, 1.54) is 19.5 Å². The maximum Gasteiger partial charge on any atom is 0.358 e. The summed E-state index contributed by atoms with van der Waals surface area (Å²) in [5, 5.41) is 0. The zero-order chi connectivity index (χ0) is 14.7. The predicted octanol–water partition coefficient (Wildman–Crippen LogP) is 2.98. The van der Waals surface area contributed by atoms with Crippen LogP contribution in [-0.4, -0.2) is 23.0 Å². The number of aromatic nitrogens is 2. The van der Waals surface area contributed by atoms with Crippen LogP contribution >= 0.6 is 0 Å². The van der Waals surface area contributed by atoms with Gasteiger partial charge in [0.05, 0.1) is 19.5 Å². The molecular formula is C15H16N2O3. The van der Waals surface area contributed by atoms with Crippen LogP contribution in [0.15, 0.2) is 24.5 Å². The van der Waals surface area contributed by atoms with Gasteiger partial charge in [-0.1, -0.05) is 12.1 Å². The number of nitrogens with zero attached hydrogens (tertiary/aromatic N) is 2. The van der Waals surface area contributed by atoms with Crippen molar-refractivity contribution in [3.8, 4) is 11.6 Å². The van der Waals surface area contributed by atoms with Crippen molar-refractivity contribution in [2.45, 2.75) is 20.8 Å². The SMILES string of the molecule is COC(=O)c1cnc(Oc2c(C)ccc(C)c2C)cn1. The van der Waals surface area contributed by atoms with Gasteiger partial charge in [-0.3, -0.25) is 0 Å². The Hall–Kier alpha value is -2.43. The molecule has 0 bridgehead atoms. The maximum atomic E-state index is 11.3. The lowest BCUT2D eigenvalue weighted by Crippen LogP contribution is -2.05. The highest BCUT2D eigenvalue weighted by atomic mass is 16.5. The number of aryl methyl sites for hydroxylation is 2. The Kier molecular flexibility index (Phi) is 3.98. The molecule has 0 atom stereocenters. The molecule has 5 heteroatoms. The fourth-order valence-electron chi connectivity index (χ4n) is 1.77. The molecule has 20 heavy (non-hydrogen) atoms. The van der Waals surface area contributed by atoms with Gasteiger partial charge in [-0.2, -0.15) is 0 Å². The first-order chi connectivity index (χ1) is 9.52. The molecule has 2 rings (SSSR count). The van der Waals surface area contributed by atoms with Gasteiger partial charge in [0, 0.05) is 0 Å². The molecule has 0 aliphatic rings. The third kappa shape index (κ3) is 2.77. The topological polar surface area (TPSA) is 61.3 Å². The molecule has 0 unspecified atom stereocenters. The Labute approximate surface area is 117 Å². The molecule has 0 radical (unpaired) electrons. The van der Waals surface area contributed by atoms with Crippen molar-refractivity contribution in [1.82, 2.24) is 9.97 Å². The van der Waals surface area contributed by atoms with Crippen molar-refractivity contribution >= 4 is 5.97 Å². The minimum Gasteiger partial charge on any atom is -0.464 e. The Morgan fingerprint density at radius 1 is 1.05 bits per heavy atom. The number of carbonyl (C=O) groups is 1. The molecule has 2 aromatic rings. The maximum absolute atomic E-state index is 11.3. The van der Waals surface area contributed by atoms with Crippen LogP contribution in [0.5, 0.6) is 11.6 Å². The first-order valence-electron chi connectivity index (χ1n) is 6.18. The van der Waals surface area contributed by atoms with E-state index in [0.29, 0.717) is 5.88 Å². The molecule has 0 aliphatic carbocycles. The minimum atomic E-state index is -0.521. The number of ether oxygens (including phenoxy) is 2. The van der Waals surface area contributed by atoms with E-state index in [0.717, 1.165) is 22.4 Å². The van der Waals surface area contributed by atoms with Crippen molar-refractivity contribution in [2.24, 2.45) is 0 Å². The van der Waals surface area contributed by atoms with E-state index in [4.69, 9.17) is 4.74 Å². The molecule has 0 N–H and O–H groups in total. The van der Waals surface area contributed by atoms with Gasteiger partial charge in [-0.25, -0.2) is 14.8 Å². The van der Waals surface area contributed by atoms with Crippen LogP contribution in [0.2, 0.25) is 0 Å². The third-order valence-corrected chi connectivity index (χ3v) is 3.10. The van der Waals surface area contributed by atoms with Gasteiger partial charge in [0.25, 0.3) is 0 Å². The van der Waals surface area contributed by atoms with Crippen molar-refractivity contribution in [3.05, 3.63) is 46.9 Å². The van der Waals surface area contributed by atoms with Crippen LogP contribution < -0.4 is 4.74 Å². The highest BCUT2D eigenvalue weighted by molar-refractivity contribution is 5.86. The Balaban J connectivity index is 2.27. The average molecular weight is 272 g/mol. The number of carbonyl (C=O) groups excluding carboxylic acids is 1.